The van der Waals surface area contributed by atoms with E-state index in [1.807, 2.05) is 24.3 Å². The quantitative estimate of drug-likeness (QED) is 0.310. The zero-order valence-corrected chi connectivity index (χ0v) is 21.9. The number of nitrogens with zero attached hydrogens (tertiary/aromatic N) is 1. The molecule has 0 radical (unpaired) electrons. The minimum Gasteiger partial charge on any atom is -0.375 e. The summed E-state index contributed by atoms with van der Waals surface area (Å²) in [6.07, 6.45) is 3.32. The summed E-state index contributed by atoms with van der Waals surface area (Å²) in [5, 5.41) is 6.31. The summed E-state index contributed by atoms with van der Waals surface area (Å²) in [7, 11) is 0. The molecule has 37 heavy (non-hydrogen) atoms. The molecule has 0 spiro atoms. The van der Waals surface area contributed by atoms with Crippen molar-refractivity contribution in [2.24, 2.45) is 0 Å². The van der Waals surface area contributed by atoms with Crippen LogP contribution in [0.1, 0.15) is 46.8 Å². The van der Waals surface area contributed by atoms with E-state index in [1.54, 1.807) is 48.5 Å². The maximum absolute atomic E-state index is 12.8. The number of carbonyl (C=O) groups excluding carboxylic acids is 3. The minimum absolute atomic E-state index is 0.0600. The Hall–Kier alpha value is -3.61. The average Bonchev–Trinajstić information content (AvgIpc) is 3.11. The summed E-state index contributed by atoms with van der Waals surface area (Å²) in [5.41, 5.74) is 4.15. The van der Waals surface area contributed by atoms with Crippen molar-refractivity contribution in [3.8, 4) is 0 Å². The van der Waals surface area contributed by atoms with Crippen LogP contribution in [0.2, 0.25) is 5.02 Å². The molecule has 0 unspecified atom stereocenters. The van der Waals surface area contributed by atoms with E-state index in [0.717, 1.165) is 41.0 Å². The summed E-state index contributed by atoms with van der Waals surface area (Å²) in [6, 6.07) is 21.8. The number of nitrogens with one attached hydrogen (secondary N) is 2. The highest BCUT2D eigenvalue weighted by molar-refractivity contribution is 6.47. The van der Waals surface area contributed by atoms with E-state index in [-0.39, 0.29) is 29.7 Å². The highest BCUT2D eigenvalue weighted by Gasteiger charge is 2.37. The molecule has 1 heterocycles. The van der Waals surface area contributed by atoms with Crippen LogP contribution in [0.15, 0.2) is 83.5 Å². The van der Waals surface area contributed by atoms with E-state index in [4.69, 9.17) is 23.2 Å². The van der Waals surface area contributed by atoms with Gasteiger partial charge in [-0.25, -0.2) is 0 Å². The molecule has 3 aromatic rings. The zero-order chi connectivity index (χ0) is 26.4. The normalized spacial score (nSPS) is 13.3. The van der Waals surface area contributed by atoms with Crippen LogP contribution < -0.4 is 10.6 Å². The second-order valence-corrected chi connectivity index (χ2v) is 9.63. The number of imide groups is 1. The van der Waals surface area contributed by atoms with Crippen LogP contribution in [0.4, 0.5) is 5.69 Å². The molecule has 2 N–H and O–H groups in total. The molecule has 6 nitrogen and oxygen atoms in total. The molecular formula is C29H27Cl2N3O3. The molecule has 0 atom stereocenters. The van der Waals surface area contributed by atoms with Gasteiger partial charge in [-0.1, -0.05) is 72.9 Å². The predicted molar refractivity (Wildman–Crippen MR) is 146 cm³/mol. The average molecular weight is 536 g/mol. The third-order valence-electron chi connectivity index (χ3n) is 6.08. The highest BCUT2D eigenvalue weighted by atomic mass is 35.5. The van der Waals surface area contributed by atoms with Crippen LogP contribution in [-0.4, -0.2) is 22.6 Å². The van der Waals surface area contributed by atoms with Crippen molar-refractivity contribution in [3.63, 3.8) is 0 Å². The largest absolute Gasteiger partial charge is 0.375 e. The maximum atomic E-state index is 12.8. The van der Waals surface area contributed by atoms with Crippen LogP contribution in [0.25, 0.3) is 0 Å². The molecule has 0 aliphatic carbocycles. The van der Waals surface area contributed by atoms with Gasteiger partial charge < -0.3 is 10.6 Å². The van der Waals surface area contributed by atoms with Gasteiger partial charge in [0.2, 0.25) is 0 Å². The van der Waals surface area contributed by atoms with E-state index < -0.39 is 11.8 Å². The molecule has 0 saturated carbocycles. The van der Waals surface area contributed by atoms with Crippen molar-refractivity contribution in [2.45, 2.75) is 39.3 Å². The van der Waals surface area contributed by atoms with Crippen LogP contribution in [-0.2, 0) is 29.1 Å². The molecule has 190 valence electrons. The molecule has 8 heteroatoms. The number of halogens is 2. The molecule has 0 aromatic heterocycles. The first-order valence-corrected chi connectivity index (χ1v) is 12.8. The lowest BCUT2D eigenvalue weighted by atomic mass is 10.1. The molecule has 1 aliphatic rings. The molecular weight excluding hydrogens is 509 g/mol. The van der Waals surface area contributed by atoms with Gasteiger partial charge in [0.15, 0.2) is 0 Å². The Balaban J connectivity index is 1.32. The molecule has 4 rings (SSSR count). The highest BCUT2D eigenvalue weighted by Crippen LogP contribution is 2.25. The van der Waals surface area contributed by atoms with Crippen LogP contribution >= 0.6 is 23.2 Å². The van der Waals surface area contributed by atoms with Crippen molar-refractivity contribution in [1.82, 2.24) is 10.2 Å². The third kappa shape index (κ3) is 6.59. The first kappa shape index (κ1) is 26.5. The number of hydrogen-bond donors (Lipinski definition) is 2. The number of anilines is 1. The Morgan fingerprint density at radius 3 is 2.08 bits per heavy atom. The number of rotatable bonds is 10. The van der Waals surface area contributed by atoms with Gasteiger partial charge in [0.05, 0.1) is 6.54 Å². The van der Waals surface area contributed by atoms with Crippen LogP contribution in [0.5, 0.6) is 0 Å². The SMILES string of the molecule is CCCCc1ccc(NC(=O)c2ccc(CNC3=C(Cl)C(=O)N(Cc4ccc(Cl)cc4)C3=O)cc2)cc1. The Morgan fingerprint density at radius 2 is 1.43 bits per heavy atom. The second kappa shape index (κ2) is 12.1. The smallest absolute Gasteiger partial charge is 0.278 e. The number of unbranched alkanes of at least 4 members (excludes halogenated alkanes) is 1. The molecule has 3 amide bonds. The van der Waals surface area contributed by atoms with Gasteiger partial charge in [-0.2, -0.15) is 0 Å². The Labute approximate surface area is 226 Å². The van der Waals surface area contributed by atoms with E-state index in [0.29, 0.717) is 10.6 Å². The summed E-state index contributed by atoms with van der Waals surface area (Å²) < 4.78 is 0. The first-order valence-electron chi connectivity index (χ1n) is 12.1. The van der Waals surface area contributed by atoms with Gasteiger partial charge in [0.1, 0.15) is 10.7 Å². The lowest BCUT2D eigenvalue weighted by Gasteiger charge is -2.15. The summed E-state index contributed by atoms with van der Waals surface area (Å²) in [6.45, 7) is 2.53. The van der Waals surface area contributed by atoms with Gasteiger partial charge in [-0.15, -0.1) is 0 Å². The molecule has 1 aliphatic heterocycles. The van der Waals surface area contributed by atoms with Gasteiger partial charge in [-0.05, 0) is 65.9 Å². The number of amides is 3. The first-order chi connectivity index (χ1) is 17.9. The van der Waals surface area contributed by atoms with Crippen LogP contribution in [0.3, 0.4) is 0 Å². The van der Waals surface area contributed by atoms with Crippen molar-refractivity contribution in [2.75, 3.05) is 5.32 Å². The van der Waals surface area contributed by atoms with E-state index in [2.05, 4.69) is 17.6 Å². The fraction of sp³-hybridized carbons (Fsp3) is 0.207. The van der Waals surface area contributed by atoms with Crippen molar-refractivity contribution < 1.29 is 14.4 Å². The Morgan fingerprint density at radius 1 is 0.811 bits per heavy atom. The molecule has 0 fully saturated rings. The van der Waals surface area contributed by atoms with E-state index in [1.165, 1.54) is 5.56 Å². The lowest BCUT2D eigenvalue weighted by Crippen LogP contribution is -2.33. The fourth-order valence-electron chi connectivity index (χ4n) is 3.92. The predicted octanol–water partition coefficient (Wildman–Crippen LogP) is 6.04. The summed E-state index contributed by atoms with van der Waals surface area (Å²) >= 11 is 12.1. The lowest BCUT2D eigenvalue weighted by molar-refractivity contribution is -0.138. The fourth-order valence-corrected chi connectivity index (χ4v) is 4.29. The van der Waals surface area contributed by atoms with Gasteiger partial charge >= 0.3 is 0 Å². The van der Waals surface area contributed by atoms with E-state index >= 15 is 0 Å². The molecule has 3 aromatic carbocycles. The van der Waals surface area contributed by atoms with Crippen LogP contribution in [0, 0.1) is 0 Å². The topological polar surface area (TPSA) is 78.5 Å². The van der Waals surface area contributed by atoms with Crippen molar-refractivity contribution >= 4 is 46.6 Å². The molecule has 0 bridgehead atoms. The van der Waals surface area contributed by atoms with Gasteiger partial charge in [0, 0.05) is 22.8 Å². The van der Waals surface area contributed by atoms with Gasteiger partial charge in [-0.3, -0.25) is 19.3 Å². The van der Waals surface area contributed by atoms with Crippen molar-refractivity contribution in [1.29, 1.82) is 0 Å². The Kier molecular flexibility index (Phi) is 8.64. The summed E-state index contributed by atoms with van der Waals surface area (Å²) in [5.74, 6) is -1.24. The van der Waals surface area contributed by atoms with E-state index in [9.17, 15) is 14.4 Å². The summed E-state index contributed by atoms with van der Waals surface area (Å²) in [4.78, 5) is 39.1. The third-order valence-corrected chi connectivity index (χ3v) is 6.68. The minimum atomic E-state index is -0.547. The Bertz CT molecular complexity index is 1320. The zero-order valence-electron chi connectivity index (χ0n) is 20.4. The second-order valence-electron chi connectivity index (χ2n) is 8.82. The van der Waals surface area contributed by atoms with Crippen molar-refractivity contribution in [3.05, 3.63) is 111 Å². The number of hydrogen-bond acceptors (Lipinski definition) is 4. The number of benzene rings is 3. The molecule has 0 saturated heterocycles. The maximum Gasteiger partial charge on any atom is 0.278 e. The number of aryl methyl sites for hydroxylation is 1. The standard InChI is InChI=1S/C29H27Cl2N3O3/c1-2-3-4-19-9-15-24(16-10-19)33-27(35)22-11-5-20(6-12-22)17-32-26-25(31)28(36)34(29(26)37)18-21-7-13-23(30)14-8-21/h5-16,32H,2-4,17-18H2,1H3,(H,33,35). The monoisotopic (exact) mass is 535 g/mol. The van der Waals surface area contributed by atoms with Gasteiger partial charge in [0.25, 0.3) is 17.7 Å². The number of carbonyl (C=O) groups is 3.